The van der Waals surface area contributed by atoms with E-state index in [1.807, 2.05) is 6.07 Å². The molecule has 0 bridgehead atoms. The SMILES string of the molecule is COc1c(Cl)cc(Cl)cc1C1(C)CN1. The Balaban J connectivity index is 2.56. The molecule has 1 N–H and O–H groups in total. The maximum Gasteiger partial charge on any atom is 0.142 e. The molecule has 1 aliphatic heterocycles. The van der Waals surface area contributed by atoms with Crippen LogP contribution in [-0.2, 0) is 5.54 Å². The summed E-state index contributed by atoms with van der Waals surface area (Å²) < 4.78 is 5.27. The average Bonchev–Trinajstić information content (AvgIpc) is 2.84. The van der Waals surface area contributed by atoms with Gasteiger partial charge in [0.15, 0.2) is 0 Å². The van der Waals surface area contributed by atoms with Crippen LogP contribution in [-0.4, -0.2) is 13.7 Å². The van der Waals surface area contributed by atoms with Gasteiger partial charge in [-0.25, -0.2) is 0 Å². The maximum absolute atomic E-state index is 6.03. The average molecular weight is 232 g/mol. The van der Waals surface area contributed by atoms with E-state index in [0.717, 1.165) is 12.1 Å². The summed E-state index contributed by atoms with van der Waals surface area (Å²) in [6.07, 6.45) is 0. The van der Waals surface area contributed by atoms with Crippen molar-refractivity contribution in [2.24, 2.45) is 0 Å². The zero-order valence-electron chi connectivity index (χ0n) is 8.03. The predicted molar refractivity (Wildman–Crippen MR) is 58.4 cm³/mol. The van der Waals surface area contributed by atoms with E-state index >= 15 is 0 Å². The molecule has 0 aromatic heterocycles. The van der Waals surface area contributed by atoms with Crippen molar-refractivity contribution in [2.45, 2.75) is 12.5 Å². The van der Waals surface area contributed by atoms with Gasteiger partial charge in [-0.2, -0.15) is 0 Å². The molecule has 1 heterocycles. The van der Waals surface area contributed by atoms with Gasteiger partial charge in [-0.05, 0) is 19.1 Å². The van der Waals surface area contributed by atoms with Crippen molar-refractivity contribution in [1.29, 1.82) is 0 Å². The Morgan fingerprint density at radius 3 is 2.57 bits per heavy atom. The van der Waals surface area contributed by atoms with E-state index < -0.39 is 0 Å². The van der Waals surface area contributed by atoms with E-state index in [0.29, 0.717) is 15.8 Å². The van der Waals surface area contributed by atoms with E-state index in [9.17, 15) is 0 Å². The number of benzene rings is 1. The molecule has 1 aromatic rings. The summed E-state index contributed by atoms with van der Waals surface area (Å²) in [5.41, 5.74) is 0.998. The third kappa shape index (κ3) is 1.58. The molecule has 1 unspecified atom stereocenters. The largest absolute Gasteiger partial charge is 0.495 e. The lowest BCUT2D eigenvalue weighted by Gasteiger charge is -2.14. The number of methoxy groups -OCH3 is 1. The van der Waals surface area contributed by atoms with Crippen LogP contribution in [0, 0.1) is 0 Å². The summed E-state index contributed by atoms with van der Waals surface area (Å²) in [7, 11) is 1.62. The van der Waals surface area contributed by atoms with Crippen LogP contribution in [0.5, 0.6) is 5.75 Å². The fourth-order valence-corrected chi connectivity index (χ4v) is 2.07. The Morgan fingerprint density at radius 2 is 2.07 bits per heavy atom. The van der Waals surface area contributed by atoms with Crippen molar-refractivity contribution < 1.29 is 4.74 Å². The third-order valence-electron chi connectivity index (χ3n) is 2.51. The molecule has 2 nitrogen and oxygen atoms in total. The molecule has 0 saturated carbocycles. The van der Waals surface area contributed by atoms with Crippen LogP contribution < -0.4 is 10.1 Å². The first kappa shape index (κ1) is 10.1. The van der Waals surface area contributed by atoms with Crippen LogP contribution in [0.3, 0.4) is 0 Å². The predicted octanol–water partition coefficient (Wildman–Crippen LogP) is 2.82. The van der Waals surface area contributed by atoms with Gasteiger partial charge in [-0.15, -0.1) is 0 Å². The minimum Gasteiger partial charge on any atom is -0.495 e. The molecule has 14 heavy (non-hydrogen) atoms. The van der Waals surface area contributed by atoms with Crippen LogP contribution in [0.25, 0.3) is 0 Å². The molecular formula is C10H11Cl2NO. The van der Waals surface area contributed by atoms with Gasteiger partial charge < -0.3 is 10.1 Å². The highest BCUT2D eigenvalue weighted by molar-refractivity contribution is 6.35. The third-order valence-corrected chi connectivity index (χ3v) is 3.01. The van der Waals surface area contributed by atoms with E-state index in [2.05, 4.69) is 12.2 Å². The summed E-state index contributed by atoms with van der Waals surface area (Å²) in [6, 6.07) is 3.59. The van der Waals surface area contributed by atoms with Gasteiger partial charge in [-0.3, -0.25) is 0 Å². The van der Waals surface area contributed by atoms with Crippen LogP contribution in [0.4, 0.5) is 0 Å². The van der Waals surface area contributed by atoms with Crippen molar-refractivity contribution in [3.05, 3.63) is 27.7 Å². The molecule has 4 heteroatoms. The molecular weight excluding hydrogens is 221 g/mol. The van der Waals surface area contributed by atoms with E-state index in [4.69, 9.17) is 27.9 Å². The lowest BCUT2D eigenvalue weighted by atomic mass is 10.0. The normalized spacial score (nSPS) is 24.9. The highest BCUT2D eigenvalue weighted by Crippen LogP contribution is 2.42. The Kier molecular flexibility index (Phi) is 2.38. The Morgan fingerprint density at radius 1 is 1.43 bits per heavy atom. The second kappa shape index (κ2) is 3.30. The van der Waals surface area contributed by atoms with Gasteiger partial charge in [0.2, 0.25) is 0 Å². The zero-order valence-corrected chi connectivity index (χ0v) is 9.54. The van der Waals surface area contributed by atoms with E-state index in [1.54, 1.807) is 13.2 Å². The van der Waals surface area contributed by atoms with Gasteiger partial charge in [0, 0.05) is 17.1 Å². The molecule has 76 valence electrons. The van der Waals surface area contributed by atoms with Gasteiger partial charge in [0.25, 0.3) is 0 Å². The van der Waals surface area contributed by atoms with E-state index in [-0.39, 0.29) is 5.54 Å². The quantitative estimate of drug-likeness (QED) is 0.795. The first-order valence-corrected chi connectivity index (χ1v) is 5.11. The Labute approximate surface area is 93.2 Å². The van der Waals surface area contributed by atoms with Crippen molar-refractivity contribution in [3.8, 4) is 5.75 Å². The van der Waals surface area contributed by atoms with E-state index in [1.165, 1.54) is 0 Å². The van der Waals surface area contributed by atoms with Crippen LogP contribution >= 0.6 is 23.2 Å². The van der Waals surface area contributed by atoms with Crippen LogP contribution in [0.15, 0.2) is 12.1 Å². The standard InChI is InChI=1S/C10H11Cl2NO/c1-10(5-13-10)7-3-6(11)4-8(12)9(7)14-2/h3-4,13H,5H2,1-2H3. The maximum atomic E-state index is 6.03. The first-order chi connectivity index (χ1) is 6.57. The number of ether oxygens (including phenoxy) is 1. The molecule has 1 atom stereocenters. The number of hydrogen-bond donors (Lipinski definition) is 1. The number of hydrogen-bond acceptors (Lipinski definition) is 2. The Bertz CT molecular complexity index is 375. The van der Waals surface area contributed by atoms with Gasteiger partial charge in [-0.1, -0.05) is 23.2 Å². The molecule has 2 rings (SSSR count). The highest BCUT2D eigenvalue weighted by Gasteiger charge is 2.41. The smallest absolute Gasteiger partial charge is 0.142 e. The summed E-state index contributed by atoms with van der Waals surface area (Å²) >= 11 is 12.0. The van der Waals surface area contributed by atoms with Crippen LogP contribution in [0.1, 0.15) is 12.5 Å². The molecule has 0 aliphatic carbocycles. The van der Waals surface area contributed by atoms with Crippen LogP contribution in [0.2, 0.25) is 10.0 Å². The van der Waals surface area contributed by atoms with Crippen molar-refractivity contribution in [3.63, 3.8) is 0 Å². The minimum atomic E-state index is -0.0279. The topological polar surface area (TPSA) is 31.2 Å². The number of halogens is 2. The fourth-order valence-electron chi connectivity index (χ4n) is 1.50. The number of nitrogens with one attached hydrogen (secondary N) is 1. The van der Waals surface area contributed by atoms with Crippen molar-refractivity contribution >= 4 is 23.2 Å². The lowest BCUT2D eigenvalue weighted by Crippen LogP contribution is -2.09. The molecule has 0 amide bonds. The van der Waals surface area contributed by atoms with Gasteiger partial charge in [0.1, 0.15) is 5.75 Å². The molecule has 1 fully saturated rings. The minimum absolute atomic E-state index is 0.0279. The molecule has 0 spiro atoms. The summed E-state index contributed by atoms with van der Waals surface area (Å²) in [6.45, 7) is 3.03. The first-order valence-electron chi connectivity index (χ1n) is 4.35. The zero-order chi connectivity index (χ0) is 10.3. The van der Waals surface area contributed by atoms with Crippen molar-refractivity contribution in [2.75, 3.05) is 13.7 Å². The molecule has 1 saturated heterocycles. The summed E-state index contributed by atoms with van der Waals surface area (Å²) in [5, 5.41) is 4.46. The second-order valence-electron chi connectivity index (χ2n) is 3.65. The van der Waals surface area contributed by atoms with Gasteiger partial charge in [0.05, 0.1) is 17.7 Å². The second-order valence-corrected chi connectivity index (χ2v) is 4.50. The Hall–Kier alpha value is -0.440. The molecule has 0 radical (unpaired) electrons. The van der Waals surface area contributed by atoms with Gasteiger partial charge >= 0.3 is 0 Å². The molecule has 1 aliphatic rings. The molecule has 1 aromatic carbocycles. The summed E-state index contributed by atoms with van der Waals surface area (Å²) in [4.78, 5) is 0. The summed E-state index contributed by atoms with van der Waals surface area (Å²) in [5.74, 6) is 0.712. The fraction of sp³-hybridized carbons (Fsp3) is 0.400. The highest BCUT2D eigenvalue weighted by atomic mass is 35.5. The van der Waals surface area contributed by atoms with Crippen molar-refractivity contribution in [1.82, 2.24) is 5.32 Å². The lowest BCUT2D eigenvalue weighted by molar-refractivity contribution is 0.405. The monoisotopic (exact) mass is 231 g/mol. The number of rotatable bonds is 2.